The number of amides is 4. The Morgan fingerprint density at radius 3 is 2.38 bits per heavy atom. The Balaban J connectivity index is 1.46. The van der Waals surface area contributed by atoms with Crippen LogP contribution in [0.25, 0.3) is 0 Å². The molecule has 2 aliphatic rings. The molecule has 2 heterocycles. The van der Waals surface area contributed by atoms with Gasteiger partial charge in [0.1, 0.15) is 25.3 Å². The first-order valence-corrected chi connectivity index (χ1v) is 10.5. The second-order valence-electron chi connectivity index (χ2n) is 9.18. The third-order valence-corrected chi connectivity index (χ3v) is 5.73. The number of hydrogen-bond acceptors (Lipinski definition) is 5. The number of benzene rings is 2. The first-order valence-electron chi connectivity index (χ1n) is 10.5. The van der Waals surface area contributed by atoms with Crippen LogP contribution in [0.3, 0.4) is 0 Å². The molecule has 1 atom stereocenters. The van der Waals surface area contributed by atoms with E-state index in [9.17, 15) is 14.4 Å². The van der Waals surface area contributed by atoms with Crippen LogP contribution in [-0.2, 0) is 20.5 Å². The lowest BCUT2D eigenvalue weighted by molar-refractivity contribution is -0.133. The molecule has 2 aliphatic heterocycles. The van der Waals surface area contributed by atoms with E-state index in [1.54, 1.807) is 25.1 Å². The highest BCUT2D eigenvalue weighted by atomic mass is 16.6. The standard InChI is InChI=1S/C24H27N3O5/c1-23(2,3)15-5-8-17(9-6-15)25-20(28)14-27-21(29)24(4,26-22(27)30)16-7-10-18-19(13-16)32-12-11-31-18/h5-10,13H,11-12,14H2,1-4H3,(H,25,28)(H,26,30). The number of nitrogens with zero attached hydrogens (tertiary/aromatic N) is 1. The van der Waals surface area contributed by atoms with Gasteiger partial charge in [-0.25, -0.2) is 4.79 Å². The molecule has 4 amide bonds. The number of carbonyl (C=O) groups excluding carboxylic acids is 3. The second kappa shape index (κ2) is 7.85. The molecule has 0 spiro atoms. The lowest BCUT2D eigenvalue weighted by atomic mass is 9.87. The molecular formula is C24H27N3O5. The molecule has 1 unspecified atom stereocenters. The van der Waals surface area contributed by atoms with Crippen molar-refractivity contribution in [2.24, 2.45) is 0 Å². The molecule has 2 aromatic carbocycles. The zero-order valence-electron chi connectivity index (χ0n) is 18.7. The molecule has 0 aromatic heterocycles. The minimum absolute atomic E-state index is 0.000897. The van der Waals surface area contributed by atoms with Crippen molar-refractivity contribution in [2.75, 3.05) is 25.1 Å². The highest BCUT2D eigenvalue weighted by Gasteiger charge is 2.49. The molecule has 8 heteroatoms. The quantitative estimate of drug-likeness (QED) is 0.717. The van der Waals surface area contributed by atoms with E-state index in [1.807, 2.05) is 24.3 Å². The minimum Gasteiger partial charge on any atom is -0.486 e. The van der Waals surface area contributed by atoms with Crippen molar-refractivity contribution < 1.29 is 23.9 Å². The molecule has 168 valence electrons. The summed E-state index contributed by atoms with van der Waals surface area (Å²) in [4.78, 5) is 39.2. The molecule has 1 saturated heterocycles. The van der Waals surface area contributed by atoms with E-state index in [1.165, 1.54) is 0 Å². The Morgan fingerprint density at radius 1 is 1.06 bits per heavy atom. The number of rotatable bonds is 4. The fraction of sp³-hybridized carbons (Fsp3) is 0.375. The number of carbonyl (C=O) groups is 3. The topological polar surface area (TPSA) is 97.0 Å². The van der Waals surface area contributed by atoms with Crippen molar-refractivity contribution in [2.45, 2.75) is 38.6 Å². The summed E-state index contributed by atoms with van der Waals surface area (Å²) in [6.07, 6.45) is 0. The summed E-state index contributed by atoms with van der Waals surface area (Å²) in [6, 6.07) is 12.0. The van der Waals surface area contributed by atoms with Crippen LogP contribution in [0.1, 0.15) is 38.8 Å². The van der Waals surface area contributed by atoms with Crippen molar-refractivity contribution in [3.8, 4) is 11.5 Å². The van der Waals surface area contributed by atoms with Gasteiger partial charge in [0, 0.05) is 5.69 Å². The van der Waals surface area contributed by atoms with E-state index in [4.69, 9.17) is 9.47 Å². The average molecular weight is 437 g/mol. The summed E-state index contributed by atoms with van der Waals surface area (Å²) in [5, 5.41) is 5.45. The summed E-state index contributed by atoms with van der Waals surface area (Å²) >= 11 is 0. The first-order chi connectivity index (χ1) is 15.1. The predicted octanol–water partition coefficient (Wildman–Crippen LogP) is 3.16. The van der Waals surface area contributed by atoms with Crippen molar-refractivity contribution in [3.05, 3.63) is 53.6 Å². The molecule has 8 nitrogen and oxygen atoms in total. The summed E-state index contributed by atoms with van der Waals surface area (Å²) in [7, 11) is 0. The summed E-state index contributed by atoms with van der Waals surface area (Å²) in [5.41, 5.74) is 0.993. The molecule has 1 fully saturated rings. The van der Waals surface area contributed by atoms with Gasteiger partial charge in [-0.15, -0.1) is 0 Å². The maximum absolute atomic E-state index is 13.1. The monoisotopic (exact) mass is 437 g/mol. The van der Waals surface area contributed by atoms with Gasteiger partial charge in [-0.3, -0.25) is 14.5 Å². The Labute approximate surface area is 186 Å². The third-order valence-electron chi connectivity index (χ3n) is 5.73. The van der Waals surface area contributed by atoms with E-state index < -0.39 is 23.4 Å². The average Bonchev–Trinajstić information content (AvgIpc) is 2.97. The number of anilines is 1. The fourth-order valence-electron chi connectivity index (χ4n) is 3.79. The number of urea groups is 1. The van der Waals surface area contributed by atoms with Crippen molar-refractivity contribution in [1.29, 1.82) is 0 Å². The van der Waals surface area contributed by atoms with Gasteiger partial charge in [0.05, 0.1) is 0 Å². The fourth-order valence-corrected chi connectivity index (χ4v) is 3.79. The lowest BCUT2D eigenvalue weighted by Gasteiger charge is -2.25. The Bertz CT molecular complexity index is 1070. The first kappa shape index (κ1) is 21.7. The normalized spacial score (nSPS) is 20.2. The van der Waals surface area contributed by atoms with Gasteiger partial charge in [0.2, 0.25) is 5.91 Å². The van der Waals surface area contributed by atoms with Gasteiger partial charge < -0.3 is 20.1 Å². The highest BCUT2D eigenvalue weighted by Crippen LogP contribution is 2.36. The van der Waals surface area contributed by atoms with Crippen LogP contribution in [0.4, 0.5) is 10.5 Å². The molecule has 0 bridgehead atoms. The molecule has 2 aromatic rings. The molecule has 0 aliphatic carbocycles. The van der Waals surface area contributed by atoms with E-state index >= 15 is 0 Å². The van der Waals surface area contributed by atoms with Crippen LogP contribution in [-0.4, -0.2) is 42.5 Å². The van der Waals surface area contributed by atoms with Crippen LogP contribution in [0.15, 0.2) is 42.5 Å². The smallest absolute Gasteiger partial charge is 0.325 e. The van der Waals surface area contributed by atoms with Crippen LogP contribution < -0.4 is 20.1 Å². The molecule has 2 N–H and O–H groups in total. The van der Waals surface area contributed by atoms with E-state index in [0.717, 1.165) is 10.5 Å². The van der Waals surface area contributed by atoms with Gasteiger partial charge in [0.15, 0.2) is 11.5 Å². The number of fused-ring (bicyclic) bond motifs is 1. The SMILES string of the molecule is CC(C)(C)c1ccc(NC(=O)CN2C(=O)NC(C)(c3ccc4c(c3)OCCO4)C2=O)cc1. The molecular weight excluding hydrogens is 410 g/mol. The Kier molecular flexibility index (Phi) is 5.32. The predicted molar refractivity (Wildman–Crippen MR) is 119 cm³/mol. The zero-order valence-corrected chi connectivity index (χ0v) is 18.7. The van der Waals surface area contributed by atoms with Crippen LogP contribution in [0.2, 0.25) is 0 Å². The number of ether oxygens (including phenoxy) is 2. The third kappa shape index (κ3) is 4.00. The van der Waals surface area contributed by atoms with Crippen LogP contribution in [0.5, 0.6) is 11.5 Å². The second-order valence-corrected chi connectivity index (χ2v) is 9.18. The van der Waals surface area contributed by atoms with E-state index in [-0.39, 0.29) is 12.0 Å². The molecule has 0 radical (unpaired) electrons. The number of nitrogens with one attached hydrogen (secondary N) is 2. The minimum atomic E-state index is -1.30. The van der Waals surface area contributed by atoms with Crippen LogP contribution >= 0.6 is 0 Å². The highest BCUT2D eigenvalue weighted by molar-refractivity contribution is 6.10. The zero-order chi connectivity index (χ0) is 23.1. The van der Waals surface area contributed by atoms with Crippen LogP contribution in [0, 0.1) is 0 Å². The summed E-state index contributed by atoms with van der Waals surface area (Å²) in [6.45, 7) is 8.43. The van der Waals surface area contributed by atoms with Crippen molar-refractivity contribution in [3.63, 3.8) is 0 Å². The van der Waals surface area contributed by atoms with Gasteiger partial charge in [-0.2, -0.15) is 0 Å². The molecule has 32 heavy (non-hydrogen) atoms. The maximum atomic E-state index is 13.1. The van der Waals surface area contributed by atoms with Gasteiger partial charge in [0.25, 0.3) is 5.91 Å². The van der Waals surface area contributed by atoms with E-state index in [0.29, 0.717) is 36.0 Å². The summed E-state index contributed by atoms with van der Waals surface area (Å²) < 4.78 is 11.1. The molecule has 4 rings (SSSR count). The van der Waals surface area contributed by atoms with E-state index in [2.05, 4.69) is 31.4 Å². The maximum Gasteiger partial charge on any atom is 0.325 e. The molecule has 0 saturated carbocycles. The number of hydrogen-bond donors (Lipinski definition) is 2. The van der Waals surface area contributed by atoms with Crippen molar-refractivity contribution in [1.82, 2.24) is 10.2 Å². The lowest BCUT2D eigenvalue weighted by Crippen LogP contribution is -2.42. The van der Waals surface area contributed by atoms with Gasteiger partial charge in [-0.05, 0) is 47.7 Å². The number of imide groups is 1. The largest absolute Gasteiger partial charge is 0.486 e. The Hall–Kier alpha value is -3.55. The van der Waals surface area contributed by atoms with Crippen molar-refractivity contribution >= 4 is 23.5 Å². The van der Waals surface area contributed by atoms with Gasteiger partial charge in [-0.1, -0.05) is 39.0 Å². The summed E-state index contributed by atoms with van der Waals surface area (Å²) in [5.74, 6) is 0.154. The van der Waals surface area contributed by atoms with Gasteiger partial charge >= 0.3 is 6.03 Å². The Morgan fingerprint density at radius 2 is 1.72 bits per heavy atom.